The van der Waals surface area contributed by atoms with Gasteiger partial charge in [0.1, 0.15) is 5.75 Å². The first-order chi connectivity index (χ1) is 18.2. The number of nitrogens with two attached hydrogens (primary N) is 1. The first kappa shape index (κ1) is 28.0. The summed E-state index contributed by atoms with van der Waals surface area (Å²) in [6.07, 6.45) is 1.24. The molecule has 0 aliphatic rings. The SMILES string of the molecule is CN(CCCCc1ccc2c(c1)c(-c1ccc(OC(F)(F)F)cc1)cn2CCCN)Cc1ccccc1Cl. The Morgan fingerprint density at radius 1 is 0.974 bits per heavy atom. The van der Waals surface area contributed by atoms with Gasteiger partial charge in [-0.3, -0.25) is 0 Å². The Kier molecular flexibility index (Phi) is 9.36. The minimum absolute atomic E-state index is 0.228. The normalized spacial score (nSPS) is 12.0. The second-order valence-electron chi connectivity index (χ2n) is 9.59. The highest BCUT2D eigenvalue weighted by Crippen LogP contribution is 2.34. The third-order valence-corrected chi connectivity index (χ3v) is 6.97. The number of ether oxygens (including phenoxy) is 1. The van der Waals surface area contributed by atoms with Gasteiger partial charge in [0.15, 0.2) is 0 Å². The Balaban J connectivity index is 1.45. The molecule has 0 amide bonds. The van der Waals surface area contributed by atoms with Crippen molar-refractivity contribution in [1.82, 2.24) is 9.47 Å². The molecule has 4 aromatic rings. The molecule has 0 aliphatic carbocycles. The number of halogens is 4. The van der Waals surface area contributed by atoms with Crippen LogP contribution in [0.5, 0.6) is 5.75 Å². The molecule has 1 aromatic heterocycles. The minimum atomic E-state index is -4.71. The molecule has 4 nitrogen and oxygen atoms in total. The van der Waals surface area contributed by atoms with Gasteiger partial charge < -0.3 is 19.9 Å². The van der Waals surface area contributed by atoms with Crippen LogP contribution in [0.2, 0.25) is 5.02 Å². The Hall–Kier alpha value is -3.00. The third kappa shape index (κ3) is 7.53. The van der Waals surface area contributed by atoms with E-state index >= 15 is 0 Å². The highest BCUT2D eigenvalue weighted by molar-refractivity contribution is 6.31. The molecule has 0 spiro atoms. The molecule has 0 atom stereocenters. The third-order valence-electron chi connectivity index (χ3n) is 6.60. The van der Waals surface area contributed by atoms with Crippen LogP contribution >= 0.6 is 11.6 Å². The number of aryl methyl sites for hydroxylation is 2. The molecule has 0 fully saturated rings. The predicted octanol–water partition coefficient (Wildman–Crippen LogP) is 7.66. The van der Waals surface area contributed by atoms with E-state index < -0.39 is 6.36 Å². The van der Waals surface area contributed by atoms with Crippen LogP contribution in [-0.2, 0) is 19.5 Å². The molecule has 2 N–H and O–H groups in total. The van der Waals surface area contributed by atoms with Gasteiger partial charge in [0, 0.05) is 40.8 Å². The average molecular weight is 544 g/mol. The van der Waals surface area contributed by atoms with E-state index in [0.29, 0.717) is 6.54 Å². The lowest BCUT2D eigenvalue weighted by molar-refractivity contribution is -0.274. The molecule has 0 aliphatic heterocycles. The Bertz CT molecular complexity index is 1340. The van der Waals surface area contributed by atoms with Crippen molar-refractivity contribution in [3.05, 3.63) is 89.1 Å². The summed E-state index contributed by atoms with van der Waals surface area (Å²) < 4.78 is 44.0. The van der Waals surface area contributed by atoms with Crippen molar-refractivity contribution in [2.24, 2.45) is 5.73 Å². The van der Waals surface area contributed by atoms with E-state index in [4.69, 9.17) is 17.3 Å². The number of rotatable bonds is 12. The van der Waals surface area contributed by atoms with Crippen molar-refractivity contribution < 1.29 is 17.9 Å². The van der Waals surface area contributed by atoms with Crippen molar-refractivity contribution in [2.75, 3.05) is 20.1 Å². The summed E-state index contributed by atoms with van der Waals surface area (Å²) in [4.78, 5) is 2.28. The maximum absolute atomic E-state index is 12.6. The fraction of sp³-hybridized carbons (Fsp3) is 0.333. The zero-order valence-corrected chi connectivity index (χ0v) is 22.2. The van der Waals surface area contributed by atoms with E-state index in [1.165, 1.54) is 17.7 Å². The number of nitrogens with zero attached hydrogens (tertiary/aromatic N) is 2. The molecule has 1 heterocycles. The zero-order valence-electron chi connectivity index (χ0n) is 21.5. The van der Waals surface area contributed by atoms with Crippen LogP contribution in [0, 0.1) is 0 Å². The lowest BCUT2D eigenvalue weighted by Crippen LogP contribution is -2.19. The number of hydrogen-bond acceptors (Lipinski definition) is 3. The van der Waals surface area contributed by atoms with Crippen molar-refractivity contribution in [3.8, 4) is 16.9 Å². The van der Waals surface area contributed by atoms with Gasteiger partial charge in [-0.2, -0.15) is 0 Å². The van der Waals surface area contributed by atoms with Gasteiger partial charge >= 0.3 is 6.36 Å². The Morgan fingerprint density at radius 2 is 1.74 bits per heavy atom. The smallest absolute Gasteiger partial charge is 0.406 e. The molecule has 0 unspecified atom stereocenters. The molecule has 3 aromatic carbocycles. The van der Waals surface area contributed by atoms with Gasteiger partial charge in [0.05, 0.1) is 0 Å². The van der Waals surface area contributed by atoms with E-state index in [9.17, 15) is 13.2 Å². The summed E-state index contributed by atoms with van der Waals surface area (Å²) in [7, 11) is 2.11. The number of alkyl halides is 3. The molecule has 38 heavy (non-hydrogen) atoms. The van der Waals surface area contributed by atoms with Gasteiger partial charge in [-0.25, -0.2) is 0 Å². The molecule has 0 radical (unpaired) electrons. The van der Waals surface area contributed by atoms with Crippen molar-refractivity contribution >= 4 is 22.5 Å². The lowest BCUT2D eigenvalue weighted by atomic mass is 10.0. The van der Waals surface area contributed by atoms with Crippen molar-refractivity contribution in [2.45, 2.75) is 45.1 Å². The summed E-state index contributed by atoms with van der Waals surface area (Å²) in [5.74, 6) is -0.228. The quantitative estimate of drug-likeness (QED) is 0.186. The van der Waals surface area contributed by atoms with Crippen LogP contribution in [-0.4, -0.2) is 36.0 Å². The van der Waals surface area contributed by atoms with Crippen LogP contribution in [0.4, 0.5) is 13.2 Å². The number of aromatic nitrogens is 1. The van der Waals surface area contributed by atoms with Crippen LogP contribution in [0.25, 0.3) is 22.0 Å². The van der Waals surface area contributed by atoms with Gasteiger partial charge in [0.2, 0.25) is 0 Å². The summed E-state index contributed by atoms with van der Waals surface area (Å²) in [5.41, 5.74) is 11.0. The monoisotopic (exact) mass is 543 g/mol. The minimum Gasteiger partial charge on any atom is -0.406 e. The Morgan fingerprint density at radius 3 is 2.45 bits per heavy atom. The summed E-state index contributed by atoms with van der Waals surface area (Å²) in [6.45, 7) is 3.15. The summed E-state index contributed by atoms with van der Waals surface area (Å²) >= 11 is 6.29. The zero-order chi connectivity index (χ0) is 27.1. The maximum Gasteiger partial charge on any atom is 0.573 e. The van der Waals surface area contributed by atoms with Crippen molar-refractivity contribution in [3.63, 3.8) is 0 Å². The maximum atomic E-state index is 12.6. The summed E-state index contributed by atoms with van der Waals surface area (Å²) in [5, 5.41) is 1.88. The lowest BCUT2D eigenvalue weighted by Gasteiger charge is -2.17. The first-order valence-electron chi connectivity index (χ1n) is 12.8. The van der Waals surface area contributed by atoms with Crippen molar-refractivity contribution in [1.29, 1.82) is 0 Å². The second kappa shape index (κ2) is 12.7. The standard InChI is InChI=1S/C30H33ClF3N3O/c1-36(20-24-8-2-3-9-28(24)31)17-5-4-7-22-10-15-29-26(19-22)27(21-37(29)18-6-16-35)23-11-13-25(14-12-23)38-30(32,33)34/h2-3,8-15,19,21H,4-7,16-18,20,35H2,1H3. The number of hydrogen-bond donors (Lipinski definition) is 1. The molecule has 0 bridgehead atoms. The number of unbranched alkanes of at least 4 members (excludes halogenated alkanes) is 1. The van der Waals surface area contributed by atoms with E-state index in [0.717, 1.165) is 77.9 Å². The van der Waals surface area contributed by atoms with Gasteiger partial charge in [-0.05, 0) is 92.8 Å². The Labute approximate surface area is 226 Å². The first-order valence-corrected chi connectivity index (χ1v) is 13.2. The van der Waals surface area contributed by atoms with Crippen LogP contribution in [0.1, 0.15) is 30.4 Å². The van der Waals surface area contributed by atoms with Gasteiger partial charge in [-0.1, -0.05) is 48.0 Å². The molecular weight excluding hydrogens is 511 g/mol. The van der Waals surface area contributed by atoms with E-state index in [1.807, 2.05) is 18.2 Å². The highest BCUT2D eigenvalue weighted by Gasteiger charge is 2.31. The predicted molar refractivity (Wildman–Crippen MR) is 148 cm³/mol. The van der Waals surface area contributed by atoms with E-state index in [2.05, 4.69) is 51.7 Å². The summed E-state index contributed by atoms with van der Waals surface area (Å²) in [6, 6.07) is 20.5. The molecule has 0 saturated heterocycles. The molecule has 4 rings (SSSR count). The topological polar surface area (TPSA) is 43.4 Å². The van der Waals surface area contributed by atoms with E-state index in [1.54, 1.807) is 12.1 Å². The number of fused-ring (bicyclic) bond motifs is 1. The number of benzene rings is 3. The van der Waals surface area contributed by atoms with Crippen LogP contribution in [0.3, 0.4) is 0 Å². The molecule has 0 saturated carbocycles. The molecule has 202 valence electrons. The fourth-order valence-electron chi connectivity index (χ4n) is 4.72. The van der Waals surface area contributed by atoms with E-state index in [-0.39, 0.29) is 5.75 Å². The molecule has 8 heteroatoms. The fourth-order valence-corrected chi connectivity index (χ4v) is 4.92. The van der Waals surface area contributed by atoms with Crippen LogP contribution < -0.4 is 10.5 Å². The van der Waals surface area contributed by atoms with Crippen LogP contribution in [0.15, 0.2) is 72.9 Å². The highest BCUT2D eigenvalue weighted by atomic mass is 35.5. The largest absolute Gasteiger partial charge is 0.573 e. The second-order valence-corrected chi connectivity index (χ2v) is 10.00. The molecular formula is C30H33ClF3N3O. The van der Waals surface area contributed by atoms with Gasteiger partial charge in [-0.15, -0.1) is 13.2 Å². The average Bonchev–Trinajstić information content (AvgIpc) is 3.24. The van der Waals surface area contributed by atoms with Gasteiger partial charge in [0.25, 0.3) is 0 Å².